The molecule has 1 aromatic heterocycles. The molecule has 1 heterocycles. The van der Waals surface area contributed by atoms with Crippen LogP contribution in [-0.4, -0.2) is 30.1 Å². The van der Waals surface area contributed by atoms with Gasteiger partial charge in [0.15, 0.2) is 0 Å². The highest BCUT2D eigenvalue weighted by molar-refractivity contribution is 5.94. The Balaban J connectivity index is 2.23. The fourth-order valence-electron chi connectivity index (χ4n) is 1.58. The first-order valence-electron chi connectivity index (χ1n) is 6.68. The first-order valence-corrected chi connectivity index (χ1v) is 6.68. The lowest BCUT2D eigenvalue weighted by molar-refractivity contribution is 0.0754. The Morgan fingerprint density at radius 1 is 1.47 bits per heavy atom. The predicted molar refractivity (Wildman–Crippen MR) is 74.8 cm³/mol. The number of rotatable bonds is 8. The van der Waals surface area contributed by atoms with Crippen molar-refractivity contribution in [3.63, 3.8) is 0 Å². The number of aromatic nitrogens is 1. The molecular weight excluding hydrogens is 242 g/mol. The van der Waals surface area contributed by atoms with Crippen molar-refractivity contribution in [2.45, 2.75) is 39.3 Å². The number of hydrogen-bond acceptors (Lipinski definition) is 4. The normalized spacial score (nSPS) is 10.7. The van der Waals surface area contributed by atoms with Crippen molar-refractivity contribution in [2.24, 2.45) is 5.73 Å². The lowest BCUT2D eigenvalue weighted by Crippen LogP contribution is -2.25. The van der Waals surface area contributed by atoms with Crippen LogP contribution in [0.2, 0.25) is 0 Å². The third-order valence-corrected chi connectivity index (χ3v) is 2.60. The first kappa shape index (κ1) is 15.6. The van der Waals surface area contributed by atoms with Gasteiger partial charge in [-0.3, -0.25) is 9.78 Å². The maximum Gasteiger partial charge on any atom is 0.251 e. The molecule has 0 aliphatic carbocycles. The van der Waals surface area contributed by atoms with Gasteiger partial charge in [-0.25, -0.2) is 0 Å². The van der Waals surface area contributed by atoms with E-state index in [-0.39, 0.29) is 12.0 Å². The van der Waals surface area contributed by atoms with E-state index in [0.717, 1.165) is 25.1 Å². The molecule has 0 saturated carbocycles. The molecule has 106 valence electrons. The summed E-state index contributed by atoms with van der Waals surface area (Å²) >= 11 is 0. The van der Waals surface area contributed by atoms with Crippen LogP contribution in [0.5, 0.6) is 0 Å². The fraction of sp³-hybridized carbons (Fsp3) is 0.571. The molecule has 0 bridgehead atoms. The molecule has 0 aromatic carbocycles. The van der Waals surface area contributed by atoms with E-state index in [1.165, 1.54) is 0 Å². The number of ether oxygens (including phenoxy) is 1. The van der Waals surface area contributed by atoms with E-state index in [1.54, 1.807) is 18.3 Å². The predicted octanol–water partition coefficient (Wildman–Crippen LogP) is 1.48. The lowest BCUT2D eigenvalue weighted by Gasteiger charge is -2.08. The number of nitrogens with zero attached hydrogens (tertiary/aromatic N) is 1. The summed E-state index contributed by atoms with van der Waals surface area (Å²) in [7, 11) is 0. The molecule has 0 aliphatic heterocycles. The number of unbranched alkanes of at least 4 members (excludes halogenated alkanes) is 1. The smallest absolute Gasteiger partial charge is 0.251 e. The van der Waals surface area contributed by atoms with Gasteiger partial charge < -0.3 is 15.8 Å². The highest BCUT2D eigenvalue weighted by Gasteiger charge is 2.05. The fourth-order valence-corrected chi connectivity index (χ4v) is 1.58. The second kappa shape index (κ2) is 8.61. The molecule has 0 saturated heterocycles. The molecule has 1 amide bonds. The number of carbonyl (C=O) groups is 1. The second-order valence-electron chi connectivity index (χ2n) is 4.62. The minimum Gasteiger partial charge on any atom is -0.379 e. The average molecular weight is 265 g/mol. The van der Waals surface area contributed by atoms with Gasteiger partial charge in [0.05, 0.1) is 11.8 Å². The molecular formula is C14H23N3O2. The van der Waals surface area contributed by atoms with Crippen LogP contribution >= 0.6 is 0 Å². The molecule has 1 rings (SSSR count). The van der Waals surface area contributed by atoms with Crippen molar-refractivity contribution in [3.05, 3.63) is 29.6 Å². The highest BCUT2D eigenvalue weighted by Crippen LogP contribution is 2.01. The van der Waals surface area contributed by atoms with E-state index in [1.807, 2.05) is 13.8 Å². The third kappa shape index (κ3) is 6.31. The largest absolute Gasteiger partial charge is 0.379 e. The monoisotopic (exact) mass is 265 g/mol. The van der Waals surface area contributed by atoms with Gasteiger partial charge in [0.1, 0.15) is 0 Å². The van der Waals surface area contributed by atoms with Gasteiger partial charge in [0.2, 0.25) is 0 Å². The molecule has 19 heavy (non-hydrogen) atoms. The zero-order valence-electron chi connectivity index (χ0n) is 11.7. The summed E-state index contributed by atoms with van der Waals surface area (Å²) in [5, 5.41) is 2.88. The molecule has 0 atom stereocenters. The Bertz CT molecular complexity index is 394. The summed E-state index contributed by atoms with van der Waals surface area (Å²) < 4.78 is 5.43. The van der Waals surface area contributed by atoms with Crippen molar-refractivity contribution < 1.29 is 9.53 Å². The van der Waals surface area contributed by atoms with Crippen LogP contribution in [0.25, 0.3) is 0 Å². The molecule has 3 N–H and O–H groups in total. The van der Waals surface area contributed by atoms with Crippen LogP contribution in [0.3, 0.4) is 0 Å². The number of carbonyl (C=O) groups excluding carboxylic acids is 1. The zero-order chi connectivity index (χ0) is 14.1. The minimum atomic E-state index is -0.0816. The van der Waals surface area contributed by atoms with E-state index in [4.69, 9.17) is 10.5 Å². The van der Waals surface area contributed by atoms with Crippen LogP contribution in [0.4, 0.5) is 0 Å². The molecule has 5 nitrogen and oxygen atoms in total. The molecule has 1 aromatic rings. The Morgan fingerprint density at radius 2 is 2.26 bits per heavy atom. The Morgan fingerprint density at radius 3 is 2.95 bits per heavy atom. The number of hydrogen-bond donors (Lipinski definition) is 2. The van der Waals surface area contributed by atoms with E-state index >= 15 is 0 Å². The maximum absolute atomic E-state index is 11.8. The van der Waals surface area contributed by atoms with E-state index in [0.29, 0.717) is 18.7 Å². The molecule has 0 unspecified atom stereocenters. The molecule has 0 spiro atoms. The van der Waals surface area contributed by atoms with Crippen molar-refractivity contribution in [1.82, 2.24) is 10.3 Å². The van der Waals surface area contributed by atoms with Gasteiger partial charge in [0.25, 0.3) is 5.91 Å². The molecule has 0 radical (unpaired) electrons. The third-order valence-electron chi connectivity index (χ3n) is 2.60. The Kier molecular flexibility index (Phi) is 7.07. The van der Waals surface area contributed by atoms with Crippen LogP contribution in [-0.2, 0) is 11.3 Å². The van der Waals surface area contributed by atoms with Gasteiger partial charge >= 0.3 is 0 Å². The van der Waals surface area contributed by atoms with E-state index in [2.05, 4.69) is 10.3 Å². The first-order chi connectivity index (χ1) is 9.13. The molecule has 0 aliphatic rings. The van der Waals surface area contributed by atoms with Crippen molar-refractivity contribution in [2.75, 3.05) is 13.2 Å². The highest BCUT2D eigenvalue weighted by atomic mass is 16.5. The topological polar surface area (TPSA) is 77.2 Å². The number of pyridine rings is 1. The van der Waals surface area contributed by atoms with Gasteiger partial charge in [-0.1, -0.05) is 0 Å². The molecule has 5 heteroatoms. The minimum absolute atomic E-state index is 0.0816. The summed E-state index contributed by atoms with van der Waals surface area (Å²) in [5.41, 5.74) is 6.82. The number of amides is 1. The van der Waals surface area contributed by atoms with E-state index < -0.39 is 0 Å². The number of nitrogens with one attached hydrogen (secondary N) is 1. The Hall–Kier alpha value is -1.46. The summed E-state index contributed by atoms with van der Waals surface area (Å²) in [6.45, 7) is 5.76. The Labute approximate surface area is 114 Å². The van der Waals surface area contributed by atoms with Crippen LogP contribution in [0.15, 0.2) is 18.3 Å². The zero-order valence-corrected chi connectivity index (χ0v) is 11.7. The van der Waals surface area contributed by atoms with Gasteiger partial charge in [-0.2, -0.15) is 0 Å². The van der Waals surface area contributed by atoms with Crippen LogP contribution < -0.4 is 11.1 Å². The van der Waals surface area contributed by atoms with Crippen molar-refractivity contribution >= 4 is 5.91 Å². The standard InChI is InChI=1S/C14H23N3O2/c1-11(2)19-8-4-3-6-17-14(18)12-5-7-16-13(9-12)10-15/h5,7,9,11H,3-4,6,8,10,15H2,1-2H3,(H,17,18). The van der Waals surface area contributed by atoms with Gasteiger partial charge in [-0.05, 0) is 38.8 Å². The summed E-state index contributed by atoms with van der Waals surface area (Å²) in [6, 6.07) is 3.41. The summed E-state index contributed by atoms with van der Waals surface area (Å²) in [5.74, 6) is -0.0816. The summed E-state index contributed by atoms with van der Waals surface area (Å²) in [4.78, 5) is 15.9. The number of nitrogens with two attached hydrogens (primary N) is 1. The maximum atomic E-state index is 11.8. The van der Waals surface area contributed by atoms with Crippen molar-refractivity contribution in [3.8, 4) is 0 Å². The van der Waals surface area contributed by atoms with E-state index in [9.17, 15) is 4.79 Å². The second-order valence-corrected chi connectivity index (χ2v) is 4.62. The van der Waals surface area contributed by atoms with Crippen LogP contribution in [0.1, 0.15) is 42.7 Å². The summed E-state index contributed by atoms with van der Waals surface area (Å²) in [6.07, 6.45) is 3.73. The van der Waals surface area contributed by atoms with Crippen molar-refractivity contribution in [1.29, 1.82) is 0 Å². The lowest BCUT2D eigenvalue weighted by atomic mass is 10.2. The van der Waals surface area contributed by atoms with Gasteiger partial charge in [0, 0.05) is 31.5 Å². The van der Waals surface area contributed by atoms with Gasteiger partial charge in [-0.15, -0.1) is 0 Å². The average Bonchev–Trinajstić information content (AvgIpc) is 2.42. The quantitative estimate of drug-likeness (QED) is 0.698. The molecule has 0 fully saturated rings. The SMILES string of the molecule is CC(C)OCCCCNC(=O)c1ccnc(CN)c1. The van der Waals surface area contributed by atoms with Crippen LogP contribution in [0, 0.1) is 0 Å².